The van der Waals surface area contributed by atoms with Gasteiger partial charge in [0.05, 0.1) is 16.8 Å². The molecule has 22 heavy (non-hydrogen) atoms. The van der Waals surface area contributed by atoms with E-state index in [-0.39, 0.29) is 5.91 Å². The first-order valence-electron chi connectivity index (χ1n) is 7.91. The Kier molecular flexibility index (Phi) is 6.34. The van der Waals surface area contributed by atoms with Crippen molar-refractivity contribution < 1.29 is 9.53 Å². The number of rotatable bonds is 7. The molecule has 0 aliphatic heterocycles. The number of aryl methyl sites for hydroxylation is 1. The van der Waals surface area contributed by atoms with E-state index < -0.39 is 0 Å². The number of nitrogens with zero attached hydrogens (tertiary/aromatic N) is 2. The maximum Gasteiger partial charge on any atom is 0.248 e. The zero-order valence-corrected chi connectivity index (χ0v) is 14.4. The van der Waals surface area contributed by atoms with Gasteiger partial charge in [0.1, 0.15) is 0 Å². The highest BCUT2D eigenvalue weighted by Crippen LogP contribution is 2.20. The van der Waals surface area contributed by atoms with Gasteiger partial charge >= 0.3 is 0 Å². The van der Waals surface area contributed by atoms with Crippen LogP contribution in [0.15, 0.2) is 23.2 Å². The zero-order chi connectivity index (χ0) is 15.9. The summed E-state index contributed by atoms with van der Waals surface area (Å²) in [7, 11) is 0. The number of fused-ring (bicyclic) bond motifs is 1. The largest absolute Gasteiger partial charge is 0.380 e. The molecule has 0 radical (unpaired) electrons. The van der Waals surface area contributed by atoms with E-state index in [0.717, 1.165) is 29.7 Å². The Balaban J connectivity index is 2.43. The second kappa shape index (κ2) is 8.25. The third kappa shape index (κ3) is 4.05. The lowest BCUT2D eigenvalue weighted by molar-refractivity contribution is -0.118. The topological polar surface area (TPSA) is 43.6 Å². The van der Waals surface area contributed by atoms with Crippen LogP contribution in [0.4, 0.5) is 0 Å². The molecule has 4 nitrogen and oxygen atoms in total. The second-order valence-electron chi connectivity index (χ2n) is 5.26. The lowest BCUT2D eigenvalue weighted by Crippen LogP contribution is -2.20. The van der Waals surface area contributed by atoms with Crippen LogP contribution < -0.4 is 4.80 Å². The van der Waals surface area contributed by atoms with Crippen LogP contribution in [0.3, 0.4) is 0 Å². The van der Waals surface area contributed by atoms with Crippen LogP contribution in [0.2, 0.25) is 0 Å². The predicted molar refractivity (Wildman–Crippen MR) is 91.1 cm³/mol. The van der Waals surface area contributed by atoms with E-state index >= 15 is 0 Å². The van der Waals surface area contributed by atoms with Crippen LogP contribution in [0, 0.1) is 6.92 Å². The molecule has 0 N–H and O–H groups in total. The number of thiazole rings is 1. The summed E-state index contributed by atoms with van der Waals surface area (Å²) < 4.78 is 8.76. The van der Waals surface area contributed by atoms with Crippen molar-refractivity contribution in [2.75, 3.05) is 13.2 Å². The number of unbranched alkanes of at least 4 members (excludes halogenated alkanes) is 1. The fourth-order valence-corrected chi connectivity index (χ4v) is 3.54. The molecule has 1 heterocycles. The van der Waals surface area contributed by atoms with Gasteiger partial charge in [-0.3, -0.25) is 4.79 Å². The molecule has 0 unspecified atom stereocenters. The summed E-state index contributed by atoms with van der Waals surface area (Å²) in [5.41, 5.74) is 2.36. The lowest BCUT2D eigenvalue weighted by atomic mass is 10.2. The summed E-state index contributed by atoms with van der Waals surface area (Å²) in [6, 6.07) is 6.22. The van der Waals surface area contributed by atoms with E-state index in [9.17, 15) is 4.79 Å². The van der Waals surface area contributed by atoms with Crippen LogP contribution in [-0.4, -0.2) is 23.7 Å². The smallest absolute Gasteiger partial charge is 0.248 e. The second-order valence-corrected chi connectivity index (χ2v) is 6.27. The third-order valence-corrected chi connectivity index (χ3v) is 4.57. The molecule has 120 valence electrons. The number of para-hydroxylation sites is 1. The first kappa shape index (κ1) is 16.9. The third-order valence-electron chi connectivity index (χ3n) is 3.53. The molecule has 0 aliphatic rings. The van der Waals surface area contributed by atoms with Crippen molar-refractivity contribution in [2.24, 2.45) is 4.99 Å². The van der Waals surface area contributed by atoms with Gasteiger partial charge in [0.25, 0.3) is 0 Å². The van der Waals surface area contributed by atoms with Crippen molar-refractivity contribution in [1.29, 1.82) is 0 Å². The highest BCUT2D eigenvalue weighted by atomic mass is 32.1. The van der Waals surface area contributed by atoms with Crippen molar-refractivity contribution in [3.8, 4) is 0 Å². The van der Waals surface area contributed by atoms with Gasteiger partial charge in [-0.2, -0.15) is 4.99 Å². The minimum absolute atomic E-state index is 0.0313. The van der Waals surface area contributed by atoms with E-state index in [2.05, 4.69) is 35.5 Å². The molecule has 2 rings (SSSR count). The maximum atomic E-state index is 12.0. The number of aromatic nitrogens is 1. The highest BCUT2D eigenvalue weighted by molar-refractivity contribution is 7.16. The molecule has 0 atom stereocenters. The predicted octanol–water partition coefficient (Wildman–Crippen LogP) is 3.67. The average molecular weight is 320 g/mol. The molecule has 0 aliphatic carbocycles. The molecular formula is C17H24N2O2S. The van der Waals surface area contributed by atoms with E-state index in [1.54, 1.807) is 11.3 Å². The van der Waals surface area contributed by atoms with E-state index in [1.165, 1.54) is 10.3 Å². The van der Waals surface area contributed by atoms with Crippen LogP contribution >= 0.6 is 11.3 Å². The van der Waals surface area contributed by atoms with Gasteiger partial charge in [-0.25, -0.2) is 0 Å². The van der Waals surface area contributed by atoms with Gasteiger partial charge in [0, 0.05) is 19.6 Å². The molecule has 1 aromatic heterocycles. The van der Waals surface area contributed by atoms with Gasteiger partial charge in [0.2, 0.25) is 5.91 Å². The fourth-order valence-electron chi connectivity index (χ4n) is 2.39. The van der Waals surface area contributed by atoms with Gasteiger partial charge in [-0.1, -0.05) is 36.8 Å². The number of hydrogen-bond donors (Lipinski definition) is 0. The number of carbonyl (C=O) groups is 1. The van der Waals surface area contributed by atoms with Crippen molar-refractivity contribution >= 4 is 27.5 Å². The average Bonchev–Trinajstić information content (AvgIpc) is 2.84. The normalized spacial score (nSPS) is 12.2. The van der Waals surface area contributed by atoms with E-state index in [4.69, 9.17) is 4.74 Å². The van der Waals surface area contributed by atoms with E-state index in [1.807, 2.05) is 13.0 Å². The number of hydrogen-bond acceptors (Lipinski definition) is 3. The molecule has 0 fully saturated rings. The molecule has 1 aromatic carbocycles. The molecular weight excluding hydrogens is 296 g/mol. The summed E-state index contributed by atoms with van der Waals surface area (Å²) in [4.78, 5) is 17.1. The van der Waals surface area contributed by atoms with Crippen molar-refractivity contribution in [1.82, 2.24) is 4.57 Å². The number of carbonyl (C=O) groups excluding carboxylic acids is 1. The molecule has 0 saturated heterocycles. The summed E-state index contributed by atoms with van der Waals surface area (Å²) in [5, 5.41) is 0. The van der Waals surface area contributed by atoms with Crippen molar-refractivity contribution in [3.05, 3.63) is 28.6 Å². The number of ether oxygens (including phenoxy) is 1. The Hall–Kier alpha value is -1.46. The molecule has 1 amide bonds. The number of benzene rings is 1. The Morgan fingerprint density at radius 1 is 1.36 bits per heavy atom. The van der Waals surface area contributed by atoms with Gasteiger partial charge in [-0.05, 0) is 31.9 Å². The minimum Gasteiger partial charge on any atom is -0.380 e. The van der Waals surface area contributed by atoms with Gasteiger partial charge < -0.3 is 9.30 Å². The van der Waals surface area contributed by atoms with Gasteiger partial charge in [-0.15, -0.1) is 0 Å². The summed E-state index contributed by atoms with van der Waals surface area (Å²) >= 11 is 1.58. The zero-order valence-electron chi connectivity index (χ0n) is 13.6. The summed E-state index contributed by atoms with van der Waals surface area (Å²) in [5.74, 6) is -0.0313. The van der Waals surface area contributed by atoms with Crippen LogP contribution in [0.5, 0.6) is 0 Å². The van der Waals surface area contributed by atoms with Crippen LogP contribution in [0.25, 0.3) is 10.2 Å². The summed E-state index contributed by atoms with van der Waals surface area (Å²) in [6.45, 7) is 8.21. The van der Waals surface area contributed by atoms with Crippen molar-refractivity contribution in [2.45, 2.75) is 46.6 Å². The quantitative estimate of drug-likeness (QED) is 0.731. The van der Waals surface area contributed by atoms with E-state index in [0.29, 0.717) is 19.6 Å². The van der Waals surface area contributed by atoms with Crippen LogP contribution in [-0.2, 0) is 16.1 Å². The Bertz CT molecular complexity index is 700. The highest BCUT2D eigenvalue weighted by Gasteiger charge is 2.09. The molecule has 0 saturated carbocycles. The standard InChI is InChI=1S/C17H24N2O2S/c1-4-6-10-15(20)18-17-19(11-12-21-5-2)16-13(3)8-7-9-14(16)22-17/h7-9H,4-6,10-12H2,1-3H3. The Labute approximate surface area is 135 Å². The minimum atomic E-state index is -0.0313. The maximum absolute atomic E-state index is 12.0. The fraction of sp³-hybridized carbons (Fsp3) is 0.529. The molecule has 0 spiro atoms. The molecule has 2 aromatic rings. The molecule has 5 heteroatoms. The monoisotopic (exact) mass is 320 g/mol. The first-order chi connectivity index (χ1) is 10.7. The number of amides is 1. The first-order valence-corrected chi connectivity index (χ1v) is 8.73. The summed E-state index contributed by atoms with van der Waals surface area (Å²) in [6.07, 6.45) is 2.43. The Morgan fingerprint density at radius 3 is 2.91 bits per heavy atom. The van der Waals surface area contributed by atoms with Crippen molar-refractivity contribution in [3.63, 3.8) is 0 Å². The lowest BCUT2D eigenvalue weighted by Gasteiger charge is -2.07. The molecule has 0 bridgehead atoms. The van der Waals surface area contributed by atoms with Crippen LogP contribution in [0.1, 0.15) is 38.7 Å². The van der Waals surface area contributed by atoms with Gasteiger partial charge in [0.15, 0.2) is 4.80 Å². The SMILES string of the molecule is CCCCC(=O)N=c1sc2cccc(C)c2n1CCOCC. The Morgan fingerprint density at radius 2 is 2.18 bits per heavy atom.